The molecule has 19 heavy (non-hydrogen) atoms. The van der Waals surface area contributed by atoms with E-state index in [1.54, 1.807) is 12.1 Å². The summed E-state index contributed by atoms with van der Waals surface area (Å²) in [4.78, 5) is -0.0110. The number of aryl methyl sites for hydroxylation is 2. The van der Waals surface area contributed by atoms with Gasteiger partial charge in [0.05, 0.1) is 4.83 Å². The van der Waals surface area contributed by atoms with Gasteiger partial charge in [-0.3, -0.25) is 0 Å². The Hall–Kier alpha value is -0.380. The number of alkyl halides is 1. The normalized spacial score (nSPS) is 12.5. The highest BCUT2D eigenvalue weighted by atomic mass is 79.9. The lowest BCUT2D eigenvalue weighted by molar-refractivity contribution is 0.624. The predicted octanol–water partition coefficient (Wildman–Crippen LogP) is 6.34. The first-order valence-corrected chi connectivity index (χ1v) is 7.84. The molecule has 0 saturated heterocycles. The molecule has 0 aliphatic rings. The molecular weight excluding hydrogens is 394 g/mol. The zero-order valence-electron chi connectivity index (χ0n) is 10.5. The summed E-state index contributed by atoms with van der Waals surface area (Å²) in [6.45, 7) is 3.83. The van der Waals surface area contributed by atoms with E-state index in [9.17, 15) is 4.39 Å². The average molecular weight is 407 g/mol. The Labute approximate surface area is 134 Å². The highest BCUT2D eigenvalue weighted by molar-refractivity contribution is 9.10. The molecule has 0 saturated carbocycles. The van der Waals surface area contributed by atoms with Gasteiger partial charge in [-0.25, -0.2) is 4.39 Å². The second-order valence-electron chi connectivity index (χ2n) is 4.52. The first kappa shape index (κ1) is 15.0. The van der Waals surface area contributed by atoms with Crippen molar-refractivity contribution >= 4 is 43.5 Å². The third-order valence-electron chi connectivity index (χ3n) is 2.99. The first-order chi connectivity index (χ1) is 8.88. The lowest BCUT2D eigenvalue weighted by Gasteiger charge is -2.17. The minimum Gasteiger partial charge on any atom is -0.207 e. The molecular formula is C15H12Br2ClF. The van der Waals surface area contributed by atoms with Crippen LogP contribution < -0.4 is 0 Å². The highest BCUT2D eigenvalue weighted by Gasteiger charge is 2.17. The third kappa shape index (κ3) is 3.39. The molecule has 100 valence electrons. The first-order valence-electron chi connectivity index (χ1n) is 5.75. The molecule has 4 heteroatoms. The van der Waals surface area contributed by atoms with Gasteiger partial charge in [-0.2, -0.15) is 0 Å². The lowest BCUT2D eigenvalue weighted by Crippen LogP contribution is -2.00. The molecule has 0 bridgehead atoms. The number of rotatable bonds is 2. The van der Waals surface area contributed by atoms with Crippen LogP contribution in [0.3, 0.4) is 0 Å². The number of hydrogen-bond acceptors (Lipinski definition) is 0. The van der Waals surface area contributed by atoms with Crippen molar-refractivity contribution < 1.29 is 4.39 Å². The van der Waals surface area contributed by atoms with E-state index < -0.39 is 0 Å². The van der Waals surface area contributed by atoms with Gasteiger partial charge in [0, 0.05) is 9.50 Å². The summed E-state index contributed by atoms with van der Waals surface area (Å²) >= 11 is 13.2. The number of hydrogen-bond donors (Lipinski definition) is 0. The van der Waals surface area contributed by atoms with Gasteiger partial charge in [0.1, 0.15) is 5.82 Å². The Bertz CT molecular complexity index is 582. The Balaban J connectivity index is 2.52. The van der Waals surface area contributed by atoms with E-state index in [0.29, 0.717) is 5.02 Å². The molecule has 0 nitrogen and oxygen atoms in total. The van der Waals surface area contributed by atoms with Gasteiger partial charge in [-0.15, -0.1) is 0 Å². The quantitative estimate of drug-likeness (QED) is 0.510. The summed E-state index contributed by atoms with van der Waals surface area (Å²) < 4.78 is 14.3. The number of halogens is 4. The molecule has 2 aromatic carbocycles. The van der Waals surface area contributed by atoms with E-state index in [-0.39, 0.29) is 10.6 Å². The fraction of sp³-hybridized carbons (Fsp3) is 0.200. The molecule has 0 radical (unpaired) electrons. The second-order valence-corrected chi connectivity index (χ2v) is 6.79. The van der Waals surface area contributed by atoms with Crippen LogP contribution in [0.25, 0.3) is 0 Å². The fourth-order valence-electron chi connectivity index (χ4n) is 2.21. The van der Waals surface area contributed by atoms with Gasteiger partial charge in [0.2, 0.25) is 0 Å². The highest BCUT2D eigenvalue weighted by Crippen LogP contribution is 2.37. The monoisotopic (exact) mass is 404 g/mol. The Morgan fingerprint density at radius 2 is 1.63 bits per heavy atom. The van der Waals surface area contributed by atoms with Crippen molar-refractivity contribution in [1.29, 1.82) is 0 Å². The molecule has 1 unspecified atom stereocenters. The van der Waals surface area contributed by atoms with Crippen LogP contribution in [-0.4, -0.2) is 0 Å². The second kappa shape index (κ2) is 5.94. The van der Waals surface area contributed by atoms with Crippen LogP contribution in [0.5, 0.6) is 0 Å². The summed E-state index contributed by atoms with van der Waals surface area (Å²) in [5, 5.41) is 0.672. The summed E-state index contributed by atoms with van der Waals surface area (Å²) in [6.07, 6.45) is 0. The maximum atomic E-state index is 13.4. The van der Waals surface area contributed by atoms with Crippen LogP contribution in [0.1, 0.15) is 27.1 Å². The fourth-order valence-corrected chi connectivity index (χ4v) is 4.08. The molecule has 0 spiro atoms. The van der Waals surface area contributed by atoms with E-state index >= 15 is 0 Å². The molecule has 2 rings (SSSR count). The molecule has 0 fully saturated rings. The van der Waals surface area contributed by atoms with Gasteiger partial charge < -0.3 is 0 Å². The van der Waals surface area contributed by atoms with Crippen molar-refractivity contribution in [3.63, 3.8) is 0 Å². The Morgan fingerprint density at radius 1 is 1.05 bits per heavy atom. The minimum absolute atomic E-state index is 0.0110. The summed E-state index contributed by atoms with van der Waals surface area (Å²) in [5.41, 5.74) is 3.97. The molecule has 0 aliphatic heterocycles. The zero-order chi connectivity index (χ0) is 14.2. The summed E-state index contributed by atoms with van der Waals surface area (Å²) in [7, 11) is 0. The zero-order valence-corrected chi connectivity index (χ0v) is 14.4. The van der Waals surface area contributed by atoms with E-state index in [1.807, 2.05) is 32.0 Å². The maximum Gasteiger partial charge on any atom is 0.123 e. The summed E-state index contributed by atoms with van der Waals surface area (Å²) in [5.74, 6) is -0.203. The standard InChI is InChI=1S/C15H12Br2ClF/c1-8-3-13(19)4-9(2)14(8)15(17)10-5-11(16)7-12(18)6-10/h3-7,15H,1-2H3. The van der Waals surface area contributed by atoms with Crippen molar-refractivity contribution in [1.82, 2.24) is 0 Å². The van der Waals surface area contributed by atoms with Crippen molar-refractivity contribution in [2.45, 2.75) is 18.7 Å². The molecule has 0 N–H and O–H groups in total. The maximum absolute atomic E-state index is 13.4. The number of benzene rings is 2. The van der Waals surface area contributed by atoms with Crippen LogP contribution in [0.15, 0.2) is 34.8 Å². The van der Waals surface area contributed by atoms with Gasteiger partial charge >= 0.3 is 0 Å². The Morgan fingerprint density at radius 3 is 2.16 bits per heavy atom. The van der Waals surface area contributed by atoms with E-state index in [1.165, 1.54) is 0 Å². The SMILES string of the molecule is Cc1cc(F)cc(C)c1C(Br)c1cc(Cl)cc(Br)c1. The third-order valence-corrected chi connectivity index (χ3v) is 4.65. The van der Waals surface area contributed by atoms with Crippen molar-refractivity contribution in [3.05, 3.63) is 67.9 Å². The minimum atomic E-state index is -0.203. The van der Waals surface area contributed by atoms with Gasteiger partial charge in [-0.1, -0.05) is 43.5 Å². The summed E-state index contributed by atoms with van der Waals surface area (Å²) in [6, 6.07) is 8.86. The lowest BCUT2D eigenvalue weighted by atomic mass is 9.96. The predicted molar refractivity (Wildman–Crippen MR) is 85.8 cm³/mol. The van der Waals surface area contributed by atoms with Crippen molar-refractivity contribution in [3.8, 4) is 0 Å². The molecule has 0 aromatic heterocycles. The molecule has 1 atom stereocenters. The van der Waals surface area contributed by atoms with Crippen LogP contribution >= 0.6 is 43.5 Å². The topological polar surface area (TPSA) is 0 Å². The van der Waals surface area contributed by atoms with Crippen molar-refractivity contribution in [2.75, 3.05) is 0 Å². The van der Waals surface area contributed by atoms with Crippen LogP contribution in [0.2, 0.25) is 5.02 Å². The molecule has 0 heterocycles. The smallest absolute Gasteiger partial charge is 0.123 e. The average Bonchev–Trinajstić information content (AvgIpc) is 2.25. The van der Waals surface area contributed by atoms with Gasteiger partial charge in [-0.05, 0) is 66.4 Å². The molecule has 2 aromatic rings. The van der Waals surface area contributed by atoms with Crippen LogP contribution in [0.4, 0.5) is 4.39 Å². The molecule has 0 amide bonds. The molecule has 0 aliphatic carbocycles. The van der Waals surface area contributed by atoms with Gasteiger partial charge in [0.25, 0.3) is 0 Å². The van der Waals surface area contributed by atoms with Crippen molar-refractivity contribution in [2.24, 2.45) is 0 Å². The van der Waals surface area contributed by atoms with Gasteiger partial charge in [0.15, 0.2) is 0 Å². The van der Waals surface area contributed by atoms with Crippen LogP contribution in [-0.2, 0) is 0 Å². The van der Waals surface area contributed by atoms with E-state index in [0.717, 1.165) is 26.7 Å². The van der Waals surface area contributed by atoms with Crippen LogP contribution in [0, 0.1) is 19.7 Å². The largest absolute Gasteiger partial charge is 0.207 e. The Kier molecular flexibility index (Phi) is 4.70. The van der Waals surface area contributed by atoms with E-state index in [4.69, 9.17) is 11.6 Å². The van der Waals surface area contributed by atoms with E-state index in [2.05, 4.69) is 31.9 Å².